The molecule has 0 fully saturated rings. The average molecular weight is 435 g/mol. The predicted octanol–water partition coefficient (Wildman–Crippen LogP) is 4.57. The van der Waals surface area contributed by atoms with Crippen LogP contribution in [0.5, 0.6) is 11.5 Å². The summed E-state index contributed by atoms with van der Waals surface area (Å²) in [6.07, 6.45) is 0. The Morgan fingerprint density at radius 1 is 0.545 bits per heavy atom. The number of nitrogens with two attached hydrogens (primary N) is 2. The molecule has 2 aromatic heterocycles. The second-order valence-corrected chi connectivity index (χ2v) is 8.01. The SMILES string of the molecule is Nc1ccc2[nH+]c(-c3ccc(Oc4ccc(-c5[nH]c6cc(N)ccc6[nH+]5)cc4)cc3)[nH]c2c1. The second kappa shape index (κ2) is 7.42. The van der Waals surface area contributed by atoms with Crippen LogP contribution in [0.2, 0.25) is 0 Å². The molecule has 0 radical (unpaired) electrons. The summed E-state index contributed by atoms with van der Waals surface area (Å²) in [5, 5.41) is 0. The summed E-state index contributed by atoms with van der Waals surface area (Å²) in [5.74, 6) is 3.37. The fourth-order valence-corrected chi connectivity index (χ4v) is 3.95. The van der Waals surface area contributed by atoms with Gasteiger partial charge in [0.1, 0.15) is 11.5 Å². The normalized spacial score (nSPS) is 11.3. The van der Waals surface area contributed by atoms with E-state index in [-0.39, 0.29) is 0 Å². The molecule has 0 atom stereocenters. The molecule has 0 saturated heterocycles. The Balaban J connectivity index is 1.19. The topological polar surface area (TPSA) is 121 Å². The van der Waals surface area contributed by atoms with Crippen molar-refractivity contribution < 1.29 is 14.7 Å². The predicted molar refractivity (Wildman–Crippen MR) is 129 cm³/mol. The third kappa shape index (κ3) is 3.61. The van der Waals surface area contributed by atoms with E-state index in [1.54, 1.807) is 0 Å². The van der Waals surface area contributed by atoms with E-state index in [1.165, 1.54) is 0 Å². The molecule has 6 aromatic rings. The lowest BCUT2D eigenvalue weighted by Gasteiger charge is -2.06. The maximum absolute atomic E-state index is 6.04. The fourth-order valence-electron chi connectivity index (χ4n) is 3.95. The van der Waals surface area contributed by atoms with E-state index >= 15 is 0 Å². The number of fused-ring (bicyclic) bond motifs is 2. The van der Waals surface area contributed by atoms with Gasteiger partial charge < -0.3 is 16.2 Å². The van der Waals surface area contributed by atoms with Gasteiger partial charge in [0.2, 0.25) is 0 Å². The standard InChI is InChI=1S/C26H20N6O/c27-17-5-11-21-23(13-17)31-25(29-21)15-1-7-19(8-2-15)33-20-9-3-16(4-10-20)26-30-22-12-6-18(28)14-24(22)32-26/h1-14H,27-28H2,(H,29,31)(H,30,32)/p+2. The highest BCUT2D eigenvalue weighted by Crippen LogP contribution is 2.27. The van der Waals surface area contributed by atoms with Gasteiger partial charge in [-0.25, -0.2) is 19.9 Å². The Kier molecular flexibility index (Phi) is 4.26. The summed E-state index contributed by atoms with van der Waals surface area (Å²) in [5.41, 5.74) is 19.2. The van der Waals surface area contributed by atoms with Crippen LogP contribution in [0.15, 0.2) is 84.9 Å². The minimum atomic E-state index is 0.728. The third-order valence-corrected chi connectivity index (χ3v) is 5.65. The van der Waals surface area contributed by atoms with Gasteiger partial charge in [-0.2, -0.15) is 0 Å². The monoisotopic (exact) mass is 434 g/mol. The summed E-state index contributed by atoms with van der Waals surface area (Å²) < 4.78 is 6.04. The second-order valence-electron chi connectivity index (χ2n) is 8.01. The van der Waals surface area contributed by atoms with Crippen LogP contribution in [-0.2, 0) is 0 Å². The zero-order valence-corrected chi connectivity index (χ0v) is 17.6. The molecule has 7 nitrogen and oxygen atoms in total. The van der Waals surface area contributed by atoms with Crippen molar-refractivity contribution in [3.05, 3.63) is 84.9 Å². The van der Waals surface area contributed by atoms with E-state index in [4.69, 9.17) is 16.2 Å². The van der Waals surface area contributed by atoms with Gasteiger partial charge in [0.25, 0.3) is 11.6 Å². The highest BCUT2D eigenvalue weighted by atomic mass is 16.5. The quantitative estimate of drug-likeness (QED) is 0.304. The highest BCUT2D eigenvalue weighted by Gasteiger charge is 2.14. The number of hydrogen-bond donors (Lipinski definition) is 4. The maximum atomic E-state index is 6.04. The summed E-state index contributed by atoms with van der Waals surface area (Å²) in [7, 11) is 0. The van der Waals surface area contributed by atoms with Gasteiger partial charge in [-0.05, 0) is 72.8 Å². The first kappa shape index (κ1) is 18.9. The molecule has 0 unspecified atom stereocenters. The lowest BCUT2D eigenvalue weighted by molar-refractivity contribution is -0.330. The smallest absolute Gasteiger partial charge is 0.285 e. The van der Waals surface area contributed by atoms with Gasteiger partial charge >= 0.3 is 0 Å². The van der Waals surface area contributed by atoms with Crippen LogP contribution >= 0.6 is 0 Å². The first-order chi connectivity index (χ1) is 16.1. The average Bonchev–Trinajstić information content (AvgIpc) is 3.43. The number of nitrogens with one attached hydrogen (secondary N) is 4. The molecule has 7 heteroatoms. The van der Waals surface area contributed by atoms with Crippen LogP contribution in [-0.4, -0.2) is 9.97 Å². The molecule has 0 bridgehead atoms. The lowest BCUT2D eigenvalue weighted by Crippen LogP contribution is -2.02. The summed E-state index contributed by atoms with van der Waals surface area (Å²) in [6.45, 7) is 0. The highest BCUT2D eigenvalue weighted by molar-refractivity contribution is 5.79. The van der Waals surface area contributed by atoms with Crippen molar-refractivity contribution in [3.8, 4) is 34.3 Å². The third-order valence-electron chi connectivity index (χ3n) is 5.65. The van der Waals surface area contributed by atoms with E-state index in [0.29, 0.717) is 0 Å². The molecule has 160 valence electrons. The maximum Gasteiger partial charge on any atom is 0.285 e. The number of anilines is 2. The molecule has 0 amide bonds. The van der Waals surface area contributed by atoms with Crippen molar-refractivity contribution in [3.63, 3.8) is 0 Å². The van der Waals surface area contributed by atoms with Crippen molar-refractivity contribution >= 4 is 33.4 Å². The van der Waals surface area contributed by atoms with E-state index in [1.807, 2.05) is 84.9 Å². The van der Waals surface area contributed by atoms with E-state index in [9.17, 15) is 0 Å². The van der Waals surface area contributed by atoms with E-state index < -0.39 is 0 Å². The Morgan fingerprint density at radius 2 is 0.970 bits per heavy atom. The molecule has 0 aliphatic carbocycles. The number of aromatic nitrogens is 4. The van der Waals surface area contributed by atoms with Crippen molar-refractivity contribution in [2.45, 2.75) is 0 Å². The van der Waals surface area contributed by atoms with Gasteiger partial charge in [-0.1, -0.05) is 0 Å². The summed E-state index contributed by atoms with van der Waals surface area (Å²) in [4.78, 5) is 13.5. The number of ether oxygens (including phenoxy) is 1. The number of nitrogen functional groups attached to an aromatic ring is 2. The zero-order valence-electron chi connectivity index (χ0n) is 17.6. The molecule has 0 saturated carbocycles. The van der Waals surface area contributed by atoms with Gasteiger partial charge in [0.15, 0.2) is 22.1 Å². The number of H-pyrrole nitrogens is 4. The first-order valence-corrected chi connectivity index (χ1v) is 10.6. The minimum Gasteiger partial charge on any atom is -0.457 e. The van der Waals surface area contributed by atoms with Crippen molar-refractivity contribution in [1.82, 2.24) is 9.97 Å². The Labute approximate surface area is 189 Å². The van der Waals surface area contributed by atoms with Crippen molar-refractivity contribution in [2.24, 2.45) is 0 Å². The Hall–Kier alpha value is -4.78. The van der Waals surface area contributed by atoms with Crippen LogP contribution in [0, 0.1) is 0 Å². The fraction of sp³-hybridized carbons (Fsp3) is 0. The van der Waals surface area contributed by atoms with Crippen LogP contribution in [0.3, 0.4) is 0 Å². The molecule has 6 rings (SSSR count). The number of hydrogen-bond acceptors (Lipinski definition) is 3. The minimum absolute atomic E-state index is 0.728. The van der Waals surface area contributed by atoms with Crippen LogP contribution in [0.1, 0.15) is 0 Å². The molecular weight excluding hydrogens is 412 g/mol. The molecule has 8 N–H and O–H groups in total. The van der Waals surface area contributed by atoms with Gasteiger partial charge in [-0.3, -0.25) is 0 Å². The lowest BCUT2D eigenvalue weighted by atomic mass is 10.2. The molecular formula is C26H22N6O+2. The van der Waals surface area contributed by atoms with Gasteiger partial charge in [-0.15, -0.1) is 0 Å². The number of rotatable bonds is 4. The van der Waals surface area contributed by atoms with E-state index in [2.05, 4.69) is 19.9 Å². The number of benzene rings is 4. The van der Waals surface area contributed by atoms with Crippen molar-refractivity contribution in [2.75, 3.05) is 11.5 Å². The zero-order chi connectivity index (χ0) is 22.4. The van der Waals surface area contributed by atoms with Gasteiger partial charge in [0.05, 0.1) is 11.1 Å². The number of imidazole rings is 2. The summed E-state index contributed by atoms with van der Waals surface area (Å²) >= 11 is 0. The molecule has 2 heterocycles. The number of aromatic amines is 4. The molecule has 4 aromatic carbocycles. The largest absolute Gasteiger partial charge is 0.457 e. The molecule has 33 heavy (non-hydrogen) atoms. The molecule has 0 aliphatic rings. The van der Waals surface area contributed by atoms with Crippen LogP contribution in [0.4, 0.5) is 11.4 Å². The van der Waals surface area contributed by atoms with Gasteiger partial charge in [0, 0.05) is 23.5 Å². The molecule has 0 aliphatic heterocycles. The van der Waals surface area contributed by atoms with Crippen molar-refractivity contribution in [1.29, 1.82) is 0 Å². The first-order valence-electron chi connectivity index (χ1n) is 10.6. The molecule has 0 spiro atoms. The van der Waals surface area contributed by atoms with Crippen LogP contribution in [0.25, 0.3) is 44.8 Å². The Morgan fingerprint density at radius 3 is 1.39 bits per heavy atom. The van der Waals surface area contributed by atoms with Crippen LogP contribution < -0.4 is 26.2 Å². The van der Waals surface area contributed by atoms with E-state index in [0.717, 1.165) is 67.7 Å². The summed E-state index contributed by atoms with van der Waals surface area (Å²) in [6, 6.07) is 27.4. The Bertz CT molecular complexity index is 1480.